The quantitative estimate of drug-likeness (QED) is 0.795. The molecule has 3 heteroatoms. The molecular weight excluding hydrogens is 205 g/mol. The van der Waals surface area contributed by atoms with E-state index in [1.54, 1.807) is 6.07 Å². The monoisotopic (exact) mass is 221 g/mol. The number of nitrogens with two attached hydrogens (primary N) is 1. The van der Waals surface area contributed by atoms with Gasteiger partial charge in [-0.05, 0) is 25.5 Å². The Morgan fingerprint density at radius 3 is 2.88 bits per heavy atom. The molecule has 0 amide bonds. The molecule has 2 N–H and O–H groups in total. The van der Waals surface area contributed by atoms with Gasteiger partial charge in [0.05, 0.1) is 18.2 Å². The highest BCUT2D eigenvalue weighted by atomic mass is 19.1. The second-order valence-electron chi connectivity index (χ2n) is 3.48. The molecule has 0 heterocycles. The van der Waals surface area contributed by atoms with E-state index in [1.807, 2.05) is 13.8 Å². The first-order valence-corrected chi connectivity index (χ1v) is 5.32. The van der Waals surface area contributed by atoms with Crippen LogP contribution in [0.15, 0.2) is 18.2 Å². The molecule has 0 aliphatic carbocycles. The van der Waals surface area contributed by atoms with E-state index in [0.717, 1.165) is 6.42 Å². The summed E-state index contributed by atoms with van der Waals surface area (Å²) in [6.07, 6.45) is 0.903. The number of ether oxygens (including phenoxy) is 1. The molecule has 1 atom stereocenters. The second-order valence-corrected chi connectivity index (χ2v) is 3.48. The van der Waals surface area contributed by atoms with Crippen molar-refractivity contribution in [1.82, 2.24) is 0 Å². The van der Waals surface area contributed by atoms with Gasteiger partial charge in [0, 0.05) is 6.07 Å². The lowest BCUT2D eigenvalue weighted by molar-refractivity contribution is 0.216. The van der Waals surface area contributed by atoms with Crippen molar-refractivity contribution in [3.8, 4) is 17.6 Å². The molecular formula is C13H16FNO. The molecule has 1 unspecified atom stereocenters. The number of halogens is 1. The number of hydrogen-bond donors (Lipinski definition) is 1. The molecule has 86 valence electrons. The molecule has 0 saturated carbocycles. The zero-order chi connectivity index (χ0) is 12.0. The number of rotatable bonds is 3. The van der Waals surface area contributed by atoms with Crippen LogP contribution in [-0.4, -0.2) is 12.6 Å². The Morgan fingerprint density at radius 1 is 1.50 bits per heavy atom. The first-order chi connectivity index (χ1) is 7.67. The summed E-state index contributed by atoms with van der Waals surface area (Å²) in [5, 5.41) is 0. The van der Waals surface area contributed by atoms with Crippen molar-refractivity contribution in [2.24, 2.45) is 5.73 Å². The van der Waals surface area contributed by atoms with E-state index in [9.17, 15) is 4.39 Å². The first kappa shape index (κ1) is 12.5. The third-order valence-corrected chi connectivity index (χ3v) is 2.17. The van der Waals surface area contributed by atoms with Gasteiger partial charge in [-0.25, -0.2) is 4.39 Å². The molecule has 0 saturated heterocycles. The summed E-state index contributed by atoms with van der Waals surface area (Å²) in [5.74, 6) is 5.75. The van der Waals surface area contributed by atoms with Crippen LogP contribution in [-0.2, 0) is 0 Å². The zero-order valence-corrected chi connectivity index (χ0v) is 9.59. The maximum Gasteiger partial charge on any atom is 0.138 e. The largest absolute Gasteiger partial charge is 0.489 e. The summed E-state index contributed by atoms with van der Waals surface area (Å²) in [5.41, 5.74) is 5.97. The van der Waals surface area contributed by atoms with E-state index in [0.29, 0.717) is 11.3 Å². The Hall–Kier alpha value is -1.53. The highest BCUT2D eigenvalue weighted by Crippen LogP contribution is 2.20. The fraction of sp³-hybridized carbons (Fsp3) is 0.385. The Kier molecular flexibility index (Phi) is 4.81. The Labute approximate surface area is 95.6 Å². The van der Waals surface area contributed by atoms with Gasteiger partial charge >= 0.3 is 0 Å². The van der Waals surface area contributed by atoms with Crippen molar-refractivity contribution in [3.05, 3.63) is 29.6 Å². The molecule has 16 heavy (non-hydrogen) atoms. The van der Waals surface area contributed by atoms with Crippen molar-refractivity contribution in [1.29, 1.82) is 0 Å². The van der Waals surface area contributed by atoms with Gasteiger partial charge in [0.15, 0.2) is 0 Å². The van der Waals surface area contributed by atoms with Gasteiger partial charge in [-0.3, -0.25) is 0 Å². The van der Waals surface area contributed by atoms with Crippen LogP contribution in [0, 0.1) is 17.7 Å². The van der Waals surface area contributed by atoms with Crippen LogP contribution in [0.5, 0.6) is 5.75 Å². The minimum Gasteiger partial charge on any atom is -0.489 e. The van der Waals surface area contributed by atoms with Crippen molar-refractivity contribution in [2.45, 2.75) is 26.4 Å². The van der Waals surface area contributed by atoms with Crippen molar-refractivity contribution in [2.75, 3.05) is 6.54 Å². The zero-order valence-electron chi connectivity index (χ0n) is 9.59. The Bertz CT molecular complexity index is 406. The average molecular weight is 221 g/mol. The number of hydrogen-bond acceptors (Lipinski definition) is 2. The summed E-state index contributed by atoms with van der Waals surface area (Å²) in [4.78, 5) is 0. The lowest BCUT2D eigenvalue weighted by Crippen LogP contribution is -2.10. The van der Waals surface area contributed by atoms with E-state index in [4.69, 9.17) is 10.5 Å². The van der Waals surface area contributed by atoms with Gasteiger partial charge in [-0.2, -0.15) is 0 Å². The third-order valence-electron chi connectivity index (χ3n) is 2.17. The van der Waals surface area contributed by atoms with Crippen LogP contribution in [0.2, 0.25) is 0 Å². The fourth-order valence-electron chi connectivity index (χ4n) is 1.14. The predicted molar refractivity (Wildman–Crippen MR) is 62.7 cm³/mol. The highest BCUT2D eigenvalue weighted by molar-refractivity contribution is 5.46. The van der Waals surface area contributed by atoms with E-state index in [1.165, 1.54) is 12.1 Å². The van der Waals surface area contributed by atoms with Crippen LogP contribution in [0.3, 0.4) is 0 Å². The van der Waals surface area contributed by atoms with Gasteiger partial charge < -0.3 is 10.5 Å². The van der Waals surface area contributed by atoms with Crippen LogP contribution in [0.25, 0.3) is 0 Å². The Morgan fingerprint density at radius 2 is 2.25 bits per heavy atom. The van der Waals surface area contributed by atoms with Crippen molar-refractivity contribution in [3.63, 3.8) is 0 Å². The van der Waals surface area contributed by atoms with Crippen LogP contribution < -0.4 is 10.5 Å². The first-order valence-electron chi connectivity index (χ1n) is 5.32. The van der Waals surface area contributed by atoms with Gasteiger partial charge in [0.25, 0.3) is 0 Å². The van der Waals surface area contributed by atoms with E-state index in [-0.39, 0.29) is 18.5 Å². The van der Waals surface area contributed by atoms with Crippen LogP contribution in [0.4, 0.5) is 4.39 Å². The van der Waals surface area contributed by atoms with Gasteiger partial charge in [-0.1, -0.05) is 18.8 Å². The predicted octanol–water partition coefficient (Wildman–Crippen LogP) is 2.31. The smallest absolute Gasteiger partial charge is 0.138 e. The minimum absolute atomic E-state index is 0.0419. The van der Waals surface area contributed by atoms with E-state index < -0.39 is 0 Å². The van der Waals surface area contributed by atoms with E-state index >= 15 is 0 Å². The summed E-state index contributed by atoms with van der Waals surface area (Å²) < 4.78 is 18.7. The molecule has 0 radical (unpaired) electrons. The van der Waals surface area contributed by atoms with Crippen LogP contribution >= 0.6 is 0 Å². The molecule has 0 spiro atoms. The third kappa shape index (κ3) is 3.56. The van der Waals surface area contributed by atoms with Gasteiger partial charge in [0.2, 0.25) is 0 Å². The van der Waals surface area contributed by atoms with E-state index in [2.05, 4.69) is 11.8 Å². The topological polar surface area (TPSA) is 35.2 Å². The molecule has 1 aromatic rings. The molecule has 0 aliphatic heterocycles. The Balaban J connectivity index is 2.98. The highest BCUT2D eigenvalue weighted by Gasteiger charge is 2.06. The van der Waals surface area contributed by atoms with Crippen LogP contribution in [0.1, 0.15) is 25.8 Å². The average Bonchev–Trinajstić information content (AvgIpc) is 2.28. The molecule has 0 fully saturated rings. The fourth-order valence-corrected chi connectivity index (χ4v) is 1.14. The molecule has 0 aromatic heterocycles. The summed E-state index contributed by atoms with van der Waals surface area (Å²) in [7, 11) is 0. The maximum absolute atomic E-state index is 13.1. The van der Waals surface area contributed by atoms with Crippen molar-refractivity contribution >= 4 is 0 Å². The summed E-state index contributed by atoms with van der Waals surface area (Å²) >= 11 is 0. The molecule has 1 aromatic carbocycles. The maximum atomic E-state index is 13.1. The van der Waals surface area contributed by atoms with Gasteiger partial charge in [0.1, 0.15) is 11.6 Å². The normalized spacial score (nSPS) is 11.5. The molecule has 0 aliphatic rings. The second kappa shape index (κ2) is 6.14. The van der Waals surface area contributed by atoms with Gasteiger partial charge in [-0.15, -0.1) is 0 Å². The lowest BCUT2D eigenvalue weighted by Gasteiger charge is -2.13. The summed E-state index contributed by atoms with van der Waals surface area (Å²) in [6.45, 7) is 4.22. The summed E-state index contributed by atoms with van der Waals surface area (Å²) in [6, 6.07) is 4.33. The lowest BCUT2D eigenvalue weighted by atomic mass is 10.2. The SMILES string of the molecule is CCC(C)Oc1cc(F)ccc1C#CCN. The van der Waals surface area contributed by atoms with Crippen molar-refractivity contribution < 1.29 is 9.13 Å². The standard InChI is InChI=1S/C13H16FNO/c1-3-10(2)16-13-9-12(14)7-6-11(13)5-4-8-15/h6-7,9-10H,3,8,15H2,1-2H3. The number of benzene rings is 1. The minimum atomic E-state index is -0.323. The molecule has 1 rings (SSSR count). The molecule has 2 nitrogen and oxygen atoms in total. The molecule has 0 bridgehead atoms.